The Morgan fingerprint density at radius 2 is 2.21 bits per heavy atom. The summed E-state index contributed by atoms with van der Waals surface area (Å²) in [5.41, 5.74) is 4.05. The van der Waals surface area contributed by atoms with Gasteiger partial charge in [-0.05, 0) is 43.5 Å². The topological polar surface area (TPSA) is 29.9 Å². The van der Waals surface area contributed by atoms with Gasteiger partial charge in [-0.3, -0.25) is 4.68 Å². The van der Waals surface area contributed by atoms with Gasteiger partial charge in [-0.1, -0.05) is 0 Å². The minimum absolute atomic E-state index is 0.199. The van der Waals surface area contributed by atoms with Crippen molar-refractivity contribution in [3.8, 4) is 11.3 Å². The van der Waals surface area contributed by atoms with Crippen LogP contribution in [0.25, 0.3) is 11.3 Å². The molecule has 0 atom stereocenters. The van der Waals surface area contributed by atoms with Crippen molar-refractivity contribution in [2.45, 2.75) is 32.4 Å². The van der Waals surface area contributed by atoms with Crippen molar-refractivity contribution in [2.75, 3.05) is 0 Å². The van der Waals surface area contributed by atoms with E-state index in [1.54, 1.807) is 6.07 Å². The summed E-state index contributed by atoms with van der Waals surface area (Å²) in [5, 5.41) is 8.02. The van der Waals surface area contributed by atoms with Crippen molar-refractivity contribution in [2.24, 2.45) is 7.05 Å². The van der Waals surface area contributed by atoms with Crippen molar-refractivity contribution >= 4 is 0 Å². The third kappa shape index (κ3) is 2.68. The standard InChI is InChI=1S/C15H18FN3/c1-10-7-12(16)3-6-14(10)15-11(9-19(2)18-15)8-17-13-4-5-13/h3,6-7,9,13,17H,4-5,8H2,1-2H3. The maximum atomic E-state index is 13.2. The van der Waals surface area contributed by atoms with Crippen molar-refractivity contribution in [1.29, 1.82) is 0 Å². The van der Waals surface area contributed by atoms with Gasteiger partial charge < -0.3 is 5.32 Å². The molecule has 0 bridgehead atoms. The van der Waals surface area contributed by atoms with Crippen LogP contribution < -0.4 is 5.32 Å². The third-order valence-corrected chi connectivity index (χ3v) is 3.51. The highest BCUT2D eigenvalue weighted by Gasteiger charge is 2.21. The Labute approximate surface area is 112 Å². The minimum Gasteiger partial charge on any atom is -0.310 e. The normalized spacial score (nSPS) is 14.9. The first kappa shape index (κ1) is 12.4. The predicted molar refractivity (Wildman–Crippen MR) is 73.2 cm³/mol. The number of aromatic nitrogens is 2. The highest BCUT2D eigenvalue weighted by Crippen LogP contribution is 2.27. The molecule has 19 heavy (non-hydrogen) atoms. The van der Waals surface area contributed by atoms with Crippen molar-refractivity contribution in [3.63, 3.8) is 0 Å². The van der Waals surface area contributed by atoms with E-state index in [1.165, 1.54) is 24.5 Å². The molecule has 0 aliphatic heterocycles. The first-order valence-electron chi connectivity index (χ1n) is 6.66. The lowest BCUT2D eigenvalue weighted by atomic mass is 10.0. The van der Waals surface area contributed by atoms with Gasteiger partial charge in [-0.2, -0.15) is 5.10 Å². The summed E-state index contributed by atoms with van der Waals surface area (Å²) in [6.07, 6.45) is 4.57. The van der Waals surface area contributed by atoms with Crippen molar-refractivity contribution in [3.05, 3.63) is 41.3 Å². The van der Waals surface area contributed by atoms with Gasteiger partial charge in [0.25, 0.3) is 0 Å². The molecular formula is C15H18FN3. The van der Waals surface area contributed by atoms with E-state index in [0.717, 1.165) is 23.4 Å². The summed E-state index contributed by atoms with van der Waals surface area (Å²) >= 11 is 0. The molecule has 1 aliphatic carbocycles. The molecule has 100 valence electrons. The summed E-state index contributed by atoms with van der Waals surface area (Å²) < 4.78 is 15.0. The molecule has 3 rings (SSSR count). The van der Waals surface area contributed by atoms with E-state index < -0.39 is 0 Å². The molecule has 0 spiro atoms. The zero-order valence-electron chi connectivity index (χ0n) is 11.3. The molecular weight excluding hydrogens is 241 g/mol. The van der Waals surface area contributed by atoms with Crippen LogP contribution in [0, 0.1) is 12.7 Å². The summed E-state index contributed by atoms with van der Waals surface area (Å²) in [4.78, 5) is 0. The van der Waals surface area contributed by atoms with E-state index >= 15 is 0 Å². The quantitative estimate of drug-likeness (QED) is 0.915. The molecule has 1 aliphatic rings. The summed E-state index contributed by atoms with van der Waals surface area (Å²) in [6.45, 7) is 2.75. The molecule has 0 unspecified atom stereocenters. The van der Waals surface area contributed by atoms with E-state index in [0.29, 0.717) is 6.04 Å². The van der Waals surface area contributed by atoms with E-state index in [1.807, 2.05) is 30.9 Å². The number of nitrogens with zero attached hydrogens (tertiary/aromatic N) is 2. The smallest absolute Gasteiger partial charge is 0.123 e. The minimum atomic E-state index is -0.199. The second kappa shape index (κ2) is 4.78. The number of benzene rings is 1. The van der Waals surface area contributed by atoms with Crippen molar-refractivity contribution in [1.82, 2.24) is 15.1 Å². The van der Waals surface area contributed by atoms with Gasteiger partial charge in [0.2, 0.25) is 0 Å². The zero-order valence-corrected chi connectivity index (χ0v) is 11.3. The van der Waals surface area contributed by atoms with Gasteiger partial charge in [0.1, 0.15) is 5.82 Å². The number of hydrogen-bond acceptors (Lipinski definition) is 2. The Hall–Kier alpha value is -1.68. The largest absolute Gasteiger partial charge is 0.310 e. The van der Waals surface area contributed by atoms with E-state index in [9.17, 15) is 4.39 Å². The van der Waals surface area contributed by atoms with Gasteiger partial charge in [-0.25, -0.2) is 4.39 Å². The monoisotopic (exact) mass is 259 g/mol. The molecule has 2 aromatic rings. The van der Waals surface area contributed by atoms with Gasteiger partial charge in [0, 0.05) is 37.0 Å². The first-order chi connectivity index (χ1) is 9.13. The molecule has 4 heteroatoms. The maximum Gasteiger partial charge on any atom is 0.123 e. The second-order valence-electron chi connectivity index (χ2n) is 5.29. The molecule has 0 radical (unpaired) electrons. The van der Waals surface area contributed by atoms with E-state index in [2.05, 4.69) is 10.4 Å². The summed E-state index contributed by atoms with van der Waals surface area (Å²) in [5.74, 6) is -0.199. The van der Waals surface area contributed by atoms with Crippen LogP contribution in [-0.2, 0) is 13.6 Å². The van der Waals surface area contributed by atoms with Crippen LogP contribution in [0.4, 0.5) is 4.39 Å². The molecule has 1 heterocycles. The van der Waals surface area contributed by atoms with Crippen LogP contribution in [0.15, 0.2) is 24.4 Å². The summed E-state index contributed by atoms with van der Waals surface area (Å²) in [6, 6.07) is 5.53. The lowest BCUT2D eigenvalue weighted by Crippen LogP contribution is -2.15. The Bertz CT molecular complexity index is 599. The van der Waals surface area contributed by atoms with Gasteiger partial charge in [-0.15, -0.1) is 0 Å². The van der Waals surface area contributed by atoms with Crippen LogP contribution in [0.2, 0.25) is 0 Å². The second-order valence-corrected chi connectivity index (χ2v) is 5.29. The number of aryl methyl sites for hydroxylation is 2. The van der Waals surface area contributed by atoms with Gasteiger partial charge in [0.15, 0.2) is 0 Å². The van der Waals surface area contributed by atoms with E-state index in [-0.39, 0.29) is 5.82 Å². The Morgan fingerprint density at radius 3 is 2.89 bits per heavy atom. The molecule has 0 amide bonds. The molecule has 1 fully saturated rings. The number of hydrogen-bond donors (Lipinski definition) is 1. The first-order valence-corrected chi connectivity index (χ1v) is 6.66. The zero-order chi connectivity index (χ0) is 13.4. The Morgan fingerprint density at radius 1 is 1.42 bits per heavy atom. The van der Waals surface area contributed by atoms with Crippen LogP contribution in [0.5, 0.6) is 0 Å². The average molecular weight is 259 g/mol. The fraction of sp³-hybridized carbons (Fsp3) is 0.400. The average Bonchev–Trinajstić information content (AvgIpc) is 3.10. The van der Waals surface area contributed by atoms with Crippen LogP contribution in [0.1, 0.15) is 24.0 Å². The van der Waals surface area contributed by atoms with Crippen LogP contribution in [0.3, 0.4) is 0 Å². The predicted octanol–water partition coefficient (Wildman–Crippen LogP) is 2.79. The molecule has 1 saturated carbocycles. The highest BCUT2D eigenvalue weighted by atomic mass is 19.1. The summed E-state index contributed by atoms with van der Waals surface area (Å²) in [7, 11) is 1.92. The third-order valence-electron chi connectivity index (χ3n) is 3.51. The lowest BCUT2D eigenvalue weighted by Gasteiger charge is -2.06. The molecule has 3 nitrogen and oxygen atoms in total. The van der Waals surface area contributed by atoms with E-state index in [4.69, 9.17) is 0 Å². The molecule has 0 saturated heterocycles. The Balaban J connectivity index is 1.93. The molecule has 1 aromatic carbocycles. The van der Waals surface area contributed by atoms with Crippen molar-refractivity contribution < 1.29 is 4.39 Å². The number of halogens is 1. The fourth-order valence-electron chi connectivity index (χ4n) is 2.33. The molecule has 1 N–H and O–H groups in total. The van der Waals surface area contributed by atoms with Gasteiger partial charge >= 0.3 is 0 Å². The number of rotatable bonds is 4. The fourth-order valence-corrected chi connectivity index (χ4v) is 2.33. The van der Waals surface area contributed by atoms with Gasteiger partial charge in [0.05, 0.1) is 5.69 Å². The lowest BCUT2D eigenvalue weighted by molar-refractivity contribution is 0.627. The SMILES string of the molecule is Cc1cc(F)ccc1-c1nn(C)cc1CNC1CC1. The highest BCUT2D eigenvalue weighted by molar-refractivity contribution is 5.66. The van der Waals surface area contributed by atoms with Crippen LogP contribution in [-0.4, -0.2) is 15.8 Å². The Kier molecular flexibility index (Phi) is 3.11. The van der Waals surface area contributed by atoms with Crippen LogP contribution >= 0.6 is 0 Å². The number of nitrogens with one attached hydrogen (secondary N) is 1. The maximum absolute atomic E-state index is 13.2. The molecule has 1 aromatic heterocycles.